The van der Waals surface area contributed by atoms with Crippen molar-refractivity contribution in [2.75, 3.05) is 0 Å². The second-order valence-electron chi connectivity index (χ2n) is 4.12. The molecule has 0 amide bonds. The fourth-order valence-electron chi connectivity index (χ4n) is 1.11. The zero-order valence-electron chi connectivity index (χ0n) is 9.34. The van der Waals surface area contributed by atoms with Crippen molar-refractivity contribution < 1.29 is 4.39 Å². The lowest BCUT2D eigenvalue weighted by molar-refractivity contribution is 0.624. The lowest BCUT2D eigenvalue weighted by Crippen LogP contribution is -2.27. The number of guanidine groups is 1. The van der Waals surface area contributed by atoms with E-state index < -0.39 is 5.82 Å². The maximum Gasteiger partial charge on any atom is 0.204 e. The number of nitrogens with one attached hydrogen (secondary N) is 1. The third kappa shape index (κ3) is 3.51. The molecule has 0 saturated heterocycles. The van der Waals surface area contributed by atoms with Crippen molar-refractivity contribution in [2.24, 2.45) is 16.6 Å². The molecule has 0 atom stereocenters. The second kappa shape index (κ2) is 5.14. The molecule has 92 valence electrons. The molecule has 0 radical (unpaired) electrons. The number of benzene rings is 1. The minimum Gasteiger partial charge on any atom is -0.369 e. The van der Waals surface area contributed by atoms with Crippen LogP contribution in [0.25, 0.3) is 0 Å². The first-order valence-electron chi connectivity index (χ1n) is 5.32. The van der Waals surface area contributed by atoms with E-state index in [1.807, 2.05) is 0 Å². The van der Waals surface area contributed by atoms with Crippen LogP contribution in [0, 0.1) is 11.7 Å². The monoisotopic (exact) mass is 273 g/mol. The summed E-state index contributed by atoms with van der Waals surface area (Å²) in [5, 5.41) is 0.0535. The van der Waals surface area contributed by atoms with Crippen molar-refractivity contribution in [3.05, 3.63) is 23.0 Å². The molecule has 1 aliphatic carbocycles. The maximum atomic E-state index is 13.0. The topological polar surface area (TPSA) is 50.4 Å². The quantitative estimate of drug-likeness (QED) is 0.712. The van der Waals surface area contributed by atoms with Gasteiger partial charge in [0.1, 0.15) is 5.82 Å². The van der Waals surface area contributed by atoms with Gasteiger partial charge in [-0.25, -0.2) is 9.38 Å². The van der Waals surface area contributed by atoms with Crippen LogP contribution in [-0.2, 0) is 0 Å². The number of rotatable bonds is 0. The van der Waals surface area contributed by atoms with Gasteiger partial charge in [0, 0.05) is 0 Å². The van der Waals surface area contributed by atoms with Gasteiger partial charge in [0.05, 0.1) is 15.6 Å². The molecular weight excluding hydrogens is 261 g/mol. The molecule has 17 heavy (non-hydrogen) atoms. The fraction of sp³-hybridized carbons (Fsp3) is 0.364. The summed E-state index contributed by atoms with van der Waals surface area (Å²) in [6.07, 6.45) is 2.97. The normalized spacial score (nSPS) is 17.2. The highest BCUT2D eigenvalue weighted by molar-refractivity contribution is 7.98. The van der Waals surface area contributed by atoms with Crippen LogP contribution in [0.15, 0.2) is 22.0 Å². The SMILES string of the molecule is CC1CC1.NC1=Nc2cc(Cl)c(F)cc2SN1. The standard InChI is InChI=1S/C7H5ClFN3S.C4H8/c8-3-1-5-6(2-4(3)9)13-12-7(10)11-5;1-4-2-3-4/h1-2H,(H3,10,11,12);4H,2-3H2,1H3. The summed E-state index contributed by atoms with van der Waals surface area (Å²) in [5.74, 6) is 0.922. The predicted molar refractivity (Wildman–Crippen MR) is 70.1 cm³/mol. The average molecular weight is 274 g/mol. The number of nitrogens with zero attached hydrogens (tertiary/aromatic N) is 1. The molecule has 1 saturated carbocycles. The summed E-state index contributed by atoms with van der Waals surface area (Å²) < 4.78 is 15.7. The molecule has 1 aromatic rings. The van der Waals surface area contributed by atoms with E-state index in [1.54, 1.807) is 0 Å². The largest absolute Gasteiger partial charge is 0.369 e. The van der Waals surface area contributed by atoms with E-state index >= 15 is 0 Å². The minimum absolute atomic E-state index is 0.0535. The lowest BCUT2D eigenvalue weighted by Gasteiger charge is -2.13. The van der Waals surface area contributed by atoms with Crippen LogP contribution < -0.4 is 10.5 Å². The molecule has 3 nitrogen and oxygen atoms in total. The Kier molecular flexibility index (Phi) is 3.79. The predicted octanol–water partition coefficient (Wildman–Crippen LogP) is 3.45. The summed E-state index contributed by atoms with van der Waals surface area (Å²) in [7, 11) is 0. The van der Waals surface area contributed by atoms with Crippen molar-refractivity contribution in [1.82, 2.24) is 4.72 Å². The number of hydrogen-bond donors (Lipinski definition) is 2. The molecule has 3 rings (SSSR count). The molecular formula is C11H13ClFN3S. The molecule has 0 spiro atoms. The molecule has 6 heteroatoms. The zero-order valence-corrected chi connectivity index (χ0v) is 10.9. The van der Waals surface area contributed by atoms with Gasteiger partial charge in [-0.05, 0) is 30.0 Å². The van der Waals surface area contributed by atoms with E-state index in [4.69, 9.17) is 17.3 Å². The van der Waals surface area contributed by atoms with Crippen LogP contribution in [0.5, 0.6) is 0 Å². The van der Waals surface area contributed by atoms with Crippen LogP contribution in [0.4, 0.5) is 10.1 Å². The summed E-state index contributed by atoms with van der Waals surface area (Å²) in [6.45, 7) is 2.28. The van der Waals surface area contributed by atoms with Gasteiger partial charge in [0.15, 0.2) is 0 Å². The first-order chi connectivity index (χ1) is 8.06. The van der Waals surface area contributed by atoms with Gasteiger partial charge in [-0.2, -0.15) is 0 Å². The van der Waals surface area contributed by atoms with E-state index in [0.29, 0.717) is 16.5 Å². The Labute approximate surface area is 109 Å². The van der Waals surface area contributed by atoms with E-state index in [2.05, 4.69) is 16.6 Å². The maximum absolute atomic E-state index is 13.0. The molecule has 0 unspecified atom stereocenters. The third-order valence-corrected chi connectivity index (χ3v) is 3.52. The average Bonchev–Trinajstić information content (AvgIpc) is 3.04. The Bertz CT molecular complexity index is 460. The molecule has 0 bridgehead atoms. The summed E-state index contributed by atoms with van der Waals surface area (Å²) in [4.78, 5) is 4.64. The van der Waals surface area contributed by atoms with Crippen LogP contribution in [0.2, 0.25) is 5.02 Å². The second-order valence-corrected chi connectivity index (χ2v) is 5.37. The molecule has 0 aromatic heterocycles. The van der Waals surface area contributed by atoms with E-state index in [1.165, 1.54) is 36.9 Å². The number of aliphatic imine (C=N–C) groups is 1. The van der Waals surface area contributed by atoms with Crippen LogP contribution in [0.1, 0.15) is 19.8 Å². The Morgan fingerprint density at radius 1 is 1.53 bits per heavy atom. The highest BCUT2D eigenvalue weighted by Gasteiger charge is 2.13. The summed E-state index contributed by atoms with van der Waals surface area (Å²) in [5.41, 5.74) is 6.01. The first kappa shape index (κ1) is 12.5. The number of halogens is 2. The van der Waals surface area contributed by atoms with Crippen LogP contribution >= 0.6 is 23.5 Å². The molecule has 3 N–H and O–H groups in total. The van der Waals surface area contributed by atoms with Crippen molar-refractivity contribution in [1.29, 1.82) is 0 Å². The molecule has 2 aliphatic rings. The first-order valence-corrected chi connectivity index (χ1v) is 6.52. The third-order valence-electron chi connectivity index (χ3n) is 2.37. The van der Waals surface area contributed by atoms with Crippen molar-refractivity contribution in [2.45, 2.75) is 24.7 Å². The smallest absolute Gasteiger partial charge is 0.204 e. The molecule has 1 heterocycles. The highest BCUT2D eigenvalue weighted by Crippen LogP contribution is 2.34. The fourth-order valence-corrected chi connectivity index (χ4v) is 1.90. The van der Waals surface area contributed by atoms with Crippen molar-refractivity contribution in [3.63, 3.8) is 0 Å². The summed E-state index contributed by atoms with van der Waals surface area (Å²) >= 11 is 6.79. The number of hydrogen-bond acceptors (Lipinski definition) is 4. The van der Waals surface area contributed by atoms with E-state index in [0.717, 1.165) is 5.92 Å². The summed E-state index contributed by atoms with van der Waals surface area (Å²) in [6, 6.07) is 2.78. The van der Waals surface area contributed by atoms with E-state index in [9.17, 15) is 4.39 Å². The Balaban J connectivity index is 0.000000228. The Morgan fingerprint density at radius 3 is 2.76 bits per heavy atom. The van der Waals surface area contributed by atoms with Crippen molar-refractivity contribution in [3.8, 4) is 0 Å². The molecule has 1 aliphatic heterocycles. The Morgan fingerprint density at radius 2 is 2.18 bits per heavy atom. The van der Waals surface area contributed by atoms with Crippen LogP contribution in [0.3, 0.4) is 0 Å². The van der Waals surface area contributed by atoms with Crippen molar-refractivity contribution >= 4 is 35.2 Å². The Hall–Kier alpha value is -0.940. The highest BCUT2D eigenvalue weighted by atomic mass is 35.5. The van der Waals surface area contributed by atoms with Crippen LogP contribution in [-0.4, -0.2) is 5.96 Å². The van der Waals surface area contributed by atoms with Gasteiger partial charge in [0.25, 0.3) is 0 Å². The van der Waals surface area contributed by atoms with Gasteiger partial charge < -0.3 is 5.73 Å². The minimum atomic E-state index is -0.453. The van der Waals surface area contributed by atoms with Gasteiger partial charge in [-0.1, -0.05) is 31.4 Å². The van der Waals surface area contributed by atoms with E-state index in [-0.39, 0.29) is 5.02 Å². The number of nitrogens with two attached hydrogens (primary N) is 1. The van der Waals surface area contributed by atoms with Gasteiger partial charge >= 0.3 is 0 Å². The zero-order chi connectivity index (χ0) is 12.4. The number of fused-ring (bicyclic) bond motifs is 1. The van der Waals surface area contributed by atoms with Gasteiger partial charge in [-0.3, -0.25) is 4.72 Å². The molecule has 1 aromatic carbocycles. The molecule has 1 fully saturated rings. The lowest BCUT2D eigenvalue weighted by atomic mass is 10.3. The van der Waals surface area contributed by atoms with Gasteiger partial charge in [0.2, 0.25) is 5.96 Å². The van der Waals surface area contributed by atoms with Gasteiger partial charge in [-0.15, -0.1) is 0 Å².